The van der Waals surface area contributed by atoms with Gasteiger partial charge in [-0.3, -0.25) is 4.79 Å². The monoisotopic (exact) mass is 290 g/mol. The number of nitrogens with two attached hydrogens (primary N) is 1. The average molecular weight is 290 g/mol. The van der Waals surface area contributed by atoms with Crippen molar-refractivity contribution in [3.8, 4) is 5.75 Å². The summed E-state index contributed by atoms with van der Waals surface area (Å²) < 4.78 is 0. The summed E-state index contributed by atoms with van der Waals surface area (Å²) in [6, 6.07) is 6.53. The first-order chi connectivity index (χ1) is 9.85. The molecule has 1 aliphatic carbocycles. The van der Waals surface area contributed by atoms with Gasteiger partial charge in [0.25, 0.3) is 0 Å². The van der Waals surface area contributed by atoms with E-state index in [1.807, 2.05) is 0 Å². The second-order valence-electron chi connectivity index (χ2n) is 6.94. The molecule has 1 aliphatic rings. The first kappa shape index (κ1) is 15.8. The zero-order valence-electron chi connectivity index (χ0n) is 12.9. The molecule has 2 atom stereocenters. The van der Waals surface area contributed by atoms with E-state index < -0.39 is 6.04 Å². The molecule has 2 unspecified atom stereocenters. The smallest absolute Gasteiger partial charge is 0.237 e. The Morgan fingerprint density at radius 2 is 2.10 bits per heavy atom. The molecule has 1 aromatic rings. The van der Waals surface area contributed by atoms with E-state index in [0.717, 1.165) is 24.8 Å². The van der Waals surface area contributed by atoms with Gasteiger partial charge in [-0.15, -0.1) is 0 Å². The van der Waals surface area contributed by atoms with Crippen LogP contribution in [-0.4, -0.2) is 23.1 Å². The first-order valence-electron chi connectivity index (χ1n) is 7.70. The van der Waals surface area contributed by atoms with E-state index in [0.29, 0.717) is 11.8 Å². The predicted molar refractivity (Wildman–Crippen MR) is 84.0 cm³/mol. The van der Waals surface area contributed by atoms with Gasteiger partial charge in [0.05, 0.1) is 6.04 Å². The van der Waals surface area contributed by atoms with Gasteiger partial charge in [-0.25, -0.2) is 0 Å². The van der Waals surface area contributed by atoms with Gasteiger partial charge in [0, 0.05) is 6.04 Å². The number of phenolic OH excluding ortho intramolecular Hbond substituents is 1. The maximum absolute atomic E-state index is 12.2. The summed E-state index contributed by atoms with van der Waals surface area (Å²) in [4.78, 5) is 12.2. The van der Waals surface area contributed by atoms with Gasteiger partial charge in [-0.1, -0.05) is 32.4 Å². The SMILES string of the molecule is CC1(C)CCCC(NC(=O)C(N)Cc2ccc(O)cc2)C1. The Hall–Kier alpha value is -1.55. The lowest BCUT2D eigenvalue weighted by atomic mass is 9.75. The van der Waals surface area contributed by atoms with Crippen molar-refractivity contribution in [1.82, 2.24) is 5.32 Å². The van der Waals surface area contributed by atoms with Gasteiger partial charge in [-0.2, -0.15) is 0 Å². The minimum absolute atomic E-state index is 0.0780. The Kier molecular flexibility index (Phi) is 4.88. The first-order valence-corrected chi connectivity index (χ1v) is 7.70. The zero-order chi connectivity index (χ0) is 15.5. The molecule has 4 nitrogen and oxygen atoms in total. The maximum Gasteiger partial charge on any atom is 0.237 e. The van der Waals surface area contributed by atoms with Crippen LogP contribution in [0.3, 0.4) is 0 Å². The summed E-state index contributed by atoms with van der Waals surface area (Å²) in [5, 5.41) is 12.3. The van der Waals surface area contributed by atoms with Gasteiger partial charge in [0.15, 0.2) is 0 Å². The Balaban J connectivity index is 1.86. The summed E-state index contributed by atoms with van der Waals surface area (Å²) in [5.74, 6) is 0.145. The fraction of sp³-hybridized carbons (Fsp3) is 0.588. The number of carbonyl (C=O) groups excluding carboxylic acids is 1. The molecule has 0 heterocycles. The van der Waals surface area contributed by atoms with Crippen LogP contribution < -0.4 is 11.1 Å². The standard InChI is InChI=1S/C17H26N2O2/c1-17(2)9-3-4-13(11-17)19-16(21)15(18)10-12-5-7-14(20)8-6-12/h5-8,13,15,20H,3-4,9-11,18H2,1-2H3,(H,19,21). The van der Waals surface area contributed by atoms with Crippen molar-refractivity contribution in [2.24, 2.45) is 11.1 Å². The highest BCUT2D eigenvalue weighted by atomic mass is 16.3. The number of benzene rings is 1. The molecule has 21 heavy (non-hydrogen) atoms. The van der Waals surface area contributed by atoms with Crippen molar-refractivity contribution >= 4 is 5.91 Å². The molecule has 4 N–H and O–H groups in total. The minimum atomic E-state index is -0.542. The quantitative estimate of drug-likeness (QED) is 0.796. The van der Waals surface area contributed by atoms with Crippen LogP contribution in [0.2, 0.25) is 0 Å². The van der Waals surface area contributed by atoms with Crippen LogP contribution in [0, 0.1) is 5.41 Å². The molecular formula is C17H26N2O2. The molecule has 1 amide bonds. The van der Waals surface area contributed by atoms with Gasteiger partial charge in [0.1, 0.15) is 5.75 Å². The van der Waals surface area contributed by atoms with E-state index in [4.69, 9.17) is 5.73 Å². The molecule has 0 aliphatic heterocycles. The van der Waals surface area contributed by atoms with Gasteiger partial charge < -0.3 is 16.2 Å². The van der Waals surface area contributed by atoms with E-state index in [-0.39, 0.29) is 17.7 Å². The summed E-state index contributed by atoms with van der Waals surface area (Å²) in [5.41, 5.74) is 7.26. The van der Waals surface area contributed by atoms with E-state index in [1.54, 1.807) is 24.3 Å². The number of phenols is 1. The lowest BCUT2D eigenvalue weighted by Gasteiger charge is -2.36. The van der Waals surface area contributed by atoms with Crippen molar-refractivity contribution in [2.45, 2.75) is 58.0 Å². The summed E-state index contributed by atoms with van der Waals surface area (Å²) in [7, 11) is 0. The van der Waals surface area contributed by atoms with Crippen molar-refractivity contribution in [3.05, 3.63) is 29.8 Å². The largest absolute Gasteiger partial charge is 0.508 e. The molecule has 1 saturated carbocycles. The summed E-state index contributed by atoms with van der Waals surface area (Å²) >= 11 is 0. The van der Waals surface area contributed by atoms with Crippen LogP contribution in [0.15, 0.2) is 24.3 Å². The number of hydrogen-bond donors (Lipinski definition) is 3. The molecule has 0 aromatic heterocycles. The van der Waals surface area contributed by atoms with E-state index in [1.165, 1.54) is 6.42 Å². The fourth-order valence-corrected chi connectivity index (χ4v) is 3.11. The fourth-order valence-electron chi connectivity index (χ4n) is 3.11. The van der Waals surface area contributed by atoms with Crippen molar-refractivity contribution in [2.75, 3.05) is 0 Å². The van der Waals surface area contributed by atoms with E-state index >= 15 is 0 Å². The average Bonchev–Trinajstić information content (AvgIpc) is 2.40. The molecule has 0 spiro atoms. The molecule has 1 aromatic carbocycles. The minimum Gasteiger partial charge on any atom is -0.508 e. The van der Waals surface area contributed by atoms with Gasteiger partial charge in [-0.05, 0) is 48.8 Å². The molecule has 1 fully saturated rings. The van der Waals surface area contributed by atoms with E-state index in [2.05, 4.69) is 19.2 Å². The van der Waals surface area contributed by atoms with Crippen molar-refractivity contribution in [1.29, 1.82) is 0 Å². The van der Waals surface area contributed by atoms with Crippen LogP contribution in [0.25, 0.3) is 0 Å². The molecule has 2 rings (SSSR count). The lowest BCUT2D eigenvalue weighted by molar-refractivity contribution is -0.123. The zero-order valence-corrected chi connectivity index (χ0v) is 12.9. The van der Waals surface area contributed by atoms with E-state index in [9.17, 15) is 9.90 Å². The third-order valence-corrected chi connectivity index (χ3v) is 4.28. The van der Waals surface area contributed by atoms with Crippen LogP contribution >= 0.6 is 0 Å². The number of rotatable bonds is 4. The highest BCUT2D eigenvalue weighted by Crippen LogP contribution is 2.35. The predicted octanol–water partition coefficient (Wildman–Crippen LogP) is 2.35. The Morgan fingerprint density at radius 3 is 2.71 bits per heavy atom. The number of amides is 1. The molecule has 0 radical (unpaired) electrons. The second-order valence-corrected chi connectivity index (χ2v) is 6.94. The highest BCUT2D eigenvalue weighted by Gasteiger charge is 2.29. The summed E-state index contributed by atoms with van der Waals surface area (Å²) in [6.45, 7) is 4.50. The number of carbonyl (C=O) groups is 1. The molecule has 0 saturated heterocycles. The second kappa shape index (κ2) is 6.48. The highest BCUT2D eigenvalue weighted by molar-refractivity contribution is 5.82. The number of nitrogens with one attached hydrogen (secondary N) is 1. The van der Waals surface area contributed by atoms with Crippen molar-refractivity contribution < 1.29 is 9.90 Å². The van der Waals surface area contributed by atoms with Crippen LogP contribution in [0.1, 0.15) is 45.1 Å². The number of hydrogen-bond acceptors (Lipinski definition) is 3. The maximum atomic E-state index is 12.2. The van der Waals surface area contributed by atoms with Crippen molar-refractivity contribution in [3.63, 3.8) is 0 Å². The number of aromatic hydroxyl groups is 1. The topological polar surface area (TPSA) is 75.4 Å². The van der Waals surface area contributed by atoms with Gasteiger partial charge in [0.2, 0.25) is 5.91 Å². The third kappa shape index (κ3) is 4.74. The Morgan fingerprint density at radius 1 is 1.43 bits per heavy atom. The van der Waals surface area contributed by atoms with Crippen LogP contribution in [-0.2, 0) is 11.2 Å². The Bertz CT molecular complexity index is 482. The molecule has 4 heteroatoms. The third-order valence-electron chi connectivity index (χ3n) is 4.28. The Labute approximate surface area is 126 Å². The van der Waals surface area contributed by atoms with Gasteiger partial charge >= 0.3 is 0 Å². The molecule has 0 bridgehead atoms. The summed E-state index contributed by atoms with van der Waals surface area (Å²) in [6.07, 6.45) is 4.93. The molecule has 116 valence electrons. The lowest BCUT2D eigenvalue weighted by Crippen LogP contribution is -2.48. The van der Waals surface area contributed by atoms with Crippen LogP contribution in [0.5, 0.6) is 5.75 Å². The normalized spacial score (nSPS) is 22.5. The molecular weight excluding hydrogens is 264 g/mol. The van der Waals surface area contributed by atoms with Crippen LogP contribution in [0.4, 0.5) is 0 Å².